The van der Waals surface area contributed by atoms with Gasteiger partial charge in [-0.15, -0.1) is 5.10 Å². The summed E-state index contributed by atoms with van der Waals surface area (Å²) in [6, 6.07) is 9.21. The molecule has 2 aromatic rings. The molecule has 1 heterocycles. The third-order valence-corrected chi connectivity index (χ3v) is 2.85. The molecule has 0 radical (unpaired) electrons. The van der Waals surface area contributed by atoms with Crippen LogP contribution in [0.3, 0.4) is 0 Å². The molecule has 1 amide bonds. The SMILES string of the molecule is Cc1c(C(N)=O)nnn1CC(=O)OCCOc1ccccc1. The van der Waals surface area contributed by atoms with Gasteiger partial charge in [-0.25, -0.2) is 4.68 Å². The summed E-state index contributed by atoms with van der Waals surface area (Å²) in [5.41, 5.74) is 5.59. The number of aromatic nitrogens is 3. The molecule has 1 aromatic heterocycles. The number of nitrogens with two attached hydrogens (primary N) is 1. The van der Waals surface area contributed by atoms with Gasteiger partial charge in [0.2, 0.25) is 0 Å². The summed E-state index contributed by atoms with van der Waals surface area (Å²) < 4.78 is 11.7. The Morgan fingerprint density at radius 1 is 1.23 bits per heavy atom. The molecule has 0 atom stereocenters. The second-order valence-corrected chi connectivity index (χ2v) is 4.43. The van der Waals surface area contributed by atoms with Crippen molar-refractivity contribution in [1.29, 1.82) is 0 Å². The van der Waals surface area contributed by atoms with Gasteiger partial charge in [-0.05, 0) is 19.1 Å². The number of amides is 1. The maximum atomic E-state index is 11.7. The summed E-state index contributed by atoms with van der Waals surface area (Å²) >= 11 is 0. The van der Waals surface area contributed by atoms with E-state index in [-0.39, 0.29) is 25.5 Å². The fourth-order valence-electron chi connectivity index (χ4n) is 1.74. The van der Waals surface area contributed by atoms with E-state index in [0.717, 1.165) is 0 Å². The number of nitrogens with zero attached hydrogens (tertiary/aromatic N) is 3. The lowest BCUT2D eigenvalue weighted by molar-refractivity contribution is -0.145. The smallest absolute Gasteiger partial charge is 0.327 e. The first-order valence-corrected chi connectivity index (χ1v) is 6.61. The fourth-order valence-corrected chi connectivity index (χ4v) is 1.74. The van der Waals surface area contributed by atoms with Gasteiger partial charge in [-0.1, -0.05) is 23.4 Å². The number of para-hydroxylation sites is 1. The number of hydrogen-bond donors (Lipinski definition) is 1. The van der Waals surface area contributed by atoms with Gasteiger partial charge in [0.05, 0.1) is 5.69 Å². The van der Waals surface area contributed by atoms with Gasteiger partial charge in [-0.3, -0.25) is 9.59 Å². The molecular formula is C14H16N4O4. The van der Waals surface area contributed by atoms with Crippen LogP contribution in [0, 0.1) is 6.92 Å². The Morgan fingerprint density at radius 3 is 2.59 bits per heavy atom. The van der Waals surface area contributed by atoms with E-state index in [1.54, 1.807) is 6.92 Å². The van der Waals surface area contributed by atoms with Crippen LogP contribution >= 0.6 is 0 Å². The maximum absolute atomic E-state index is 11.7. The minimum Gasteiger partial charge on any atom is -0.490 e. The molecule has 116 valence electrons. The summed E-state index contributed by atoms with van der Waals surface area (Å²) in [6.45, 7) is 1.83. The maximum Gasteiger partial charge on any atom is 0.327 e. The van der Waals surface area contributed by atoms with E-state index < -0.39 is 11.9 Å². The van der Waals surface area contributed by atoms with Crippen LogP contribution in [0.4, 0.5) is 0 Å². The number of ether oxygens (including phenoxy) is 2. The van der Waals surface area contributed by atoms with E-state index in [9.17, 15) is 9.59 Å². The van der Waals surface area contributed by atoms with E-state index in [0.29, 0.717) is 11.4 Å². The standard InChI is InChI=1S/C14H16N4O4/c1-10-13(14(15)20)16-17-18(10)9-12(19)22-8-7-21-11-5-3-2-4-6-11/h2-6H,7-9H2,1H3,(H2,15,20). The molecule has 0 aliphatic heterocycles. The van der Waals surface area contributed by atoms with Gasteiger partial charge in [-0.2, -0.15) is 0 Å². The summed E-state index contributed by atoms with van der Waals surface area (Å²) in [7, 11) is 0. The fraction of sp³-hybridized carbons (Fsp3) is 0.286. The summed E-state index contributed by atoms with van der Waals surface area (Å²) in [4.78, 5) is 22.7. The number of carbonyl (C=O) groups is 2. The first kappa shape index (κ1) is 15.5. The van der Waals surface area contributed by atoms with E-state index >= 15 is 0 Å². The average molecular weight is 304 g/mol. The highest BCUT2D eigenvalue weighted by atomic mass is 16.6. The van der Waals surface area contributed by atoms with Crippen LogP contribution < -0.4 is 10.5 Å². The van der Waals surface area contributed by atoms with Gasteiger partial charge in [0.15, 0.2) is 5.69 Å². The van der Waals surface area contributed by atoms with Crippen molar-refractivity contribution in [2.24, 2.45) is 5.73 Å². The molecule has 8 heteroatoms. The Balaban J connectivity index is 1.75. The van der Waals surface area contributed by atoms with Gasteiger partial charge in [0.1, 0.15) is 25.5 Å². The molecule has 1 aromatic carbocycles. The minimum atomic E-state index is -0.687. The topological polar surface area (TPSA) is 109 Å². The summed E-state index contributed by atoms with van der Waals surface area (Å²) in [6.07, 6.45) is 0. The highest BCUT2D eigenvalue weighted by molar-refractivity contribution is 5.91. The zero-order valence-electron chi connectivity index (χ0n) is 12.1. The molecule has 22 heavy (non-hydrogen) atoms. The molecule has 0 spiro atoms. The number of primary amides is 1. The highest BCUT2D eigenvalue weighted by Crippen LogP contribution is 2.07. The van der Waals surface area contributed by atoms with Crippen LogP contribution in [0.25, 0.3) is 0 Å². The molecule has 0 saturated carbocycles. The molecular weight excluding hydrogens is 288 g/mol. The normalized spacial score (nSPS) is 10.2. The molecule has 0 saturated heterocycles. The van der Waals surface area contributed by atoms with Crippen molar-refractivity contribution >= 4 is 11.9 Å². The molecule has 0 fully saturated rings. The van der Waals surface area contributed by atoms with Crippen LogP contribution in [0.5, 0.6) is 5.75 Å². The van der Waals surface area contributed by atoms with E-state index in [1.165, 1.54) is 4.68 Å². The van der Waals surface area contributed by atoms with Crippen molar-refractivity contribution in [3.63, 3.8) is 0 Å². The Kier molecular flexibility index (Phi) is 5.07. The van der Waals surface area contributed by atoms with Crippen molar-refractivity contribution in [3.8, 4) is 5.75 Å². The monoisotopic (exact) mass is 304 g/mol. The van der Waals surface area contributed by atoms with E-state index in [2.05, 4.69) is 10.3 Å². The molecule has 2 N–H and O–H groups in total. The van der Waals surface area contributed by atoms with Gasteiger partial charge < -0.3 is 15.2 Å². The van der Waals surface area contributed by atoms with E-state index in [1.807, 2.05) is 30.3 Å². The lowest BCUT2D eigenvalue weighted by Gasteiger charge is -2.07. The third kappa shape index (κ3) is 4.05. The third-order valence-electron chi connectivity index (χ3n) is 2.85. The second kappa shape index (κ2) is 7.21. The number of benzene rings is 1. The van der Waals surface area contributed by atoms with Gasteiger partial charge >= 0.3 is 5.97 Å². The lowest BCUT2D eigenvalue weighted by Crippen LogP contribution is -2.19. The zero-order valence-corrected chi connectivity index (χ0v) is 12.1. The largest absolute Gasteiger partial charge is 0.490 e. The second-order valence-electron chi connectivity index (χ2n) is 4.43. The summed E-state index contributed by atoms with van der Waals surface area (Å²) in [5.74, 6) is -0.481. The van der Waals surface area contributed by atoms with Gasteiger partial charge in [0.25, 0.3) is 5.91 Å². The average Bonchev–Trinajstić information content (AvgIpc) is 2.86. The van der Waals surface area contributed by atoms with Crippen LogP contribution in [0.1, 0.15) is 16.2 Å². The number of hydrogen-bond acceptors (Lipinski definition) is 6. The van der Waals surface area contributed by atoms with Crippen molar-refractivity contribution in [2.75, 3.05) is 13.2 Å². The minimum absolute atomic E-state index is 0.0419. The molecule has 0 aliphatic carbocycles. The Bertz CT molecular complexity index is 654. The van der Waals surface area contributed by atoms with Crippen molar-refractivity contribution < 1.29 is 19.1 Å². The van der Waals surface area contributed by atoms with Crippen molar-refractivity contribution in [3.05, 3.63) is 41.7 Å². The Hall–Kier alpha value is -2.90. The van der Waals surface area contributed by atoms with Crippen molar-refractivity contribution in [1.82, 2.24) is 15.0 Å². The predicted octanol–water partition coefficient (Wildman–Crippen LogP) is 0.308. The molecule has 8 nitrogen and oxygen atoms in total. The molecule has 0 aliphatic rings. The zero-order chi connectivity index (χ0) is 15.9. The number of carbonyl (C=O) groups excluding carboxylic acids is 2. The highest BCUT2D eigenvalue weighted by Gasteiger charge is 2.15. The van der Waals surface area contributed by atoms with Gasteiger partial charge in [0, 0.05) is 0 Å². The number of esters is 1. The summed E-state index contributed by atoms with van der Waals surface area (Å²) in [5, 5.41) is 7.30. The Morgan fingerprint density at radius 2 is 1.95 bits per heavy atom. The van der Waals surface area contributed by atoms with Crippen molar-refractivity contribution in [2.45, 2.75) is 13.5 Å². The lowest BCUT2D eigenvalue weighted by atomic mass is 10.3. The van der Waals surface area contributed by atoms with Crippen LogP contribution in [-0.4, -0.2) is 40.1 Å². The van der Waals surface area contributed by atoms with Crippen LogP contribution in [0.2, 0.25) is 0 Å². The van der Waals surface area contributed by atoms with Crippen LogP contribution in [-0.2, 0) is 16.1 Å². The molecule has 0 unspecified atom stereocenters. The van der Waals surface area contributed by atoms with Crippen LogP contribution in [0.15, 0.2) is 30.3 Å². The Labute approximate surface area is 126 Å². The molecule has 0 bridgehead atoms. The van der Waals surface area contributed by atoms with E-state index in [4.69, 9.17) is 15.2 Å². The molecule has 2 rings (SSSR count). The number of rotatable bonds is 7. The first-order chi connectivity index (χ1) is 10.6. The first-order valence-electron chi connectivity index (χ1n) is 6.61. The predicted molar refractivity (Wildman–Crippen MR) is 76.2 cm³/mol. The quantitative estimate of drug-likeness (QED) is 0.582.